The van der Waals surface area contributed by atoms with E-state index >= 15 is 0 Å². The molecule has 1 aromatic heterocycles. The second kappa shape index (κ2) is 4.13. The van der Waals surface area contributed by atoms with Crippen molar-refractivity contribution in [2.75, 3.05) is 0 Å². The van der Waals surface area contributed by atoms with Crippen molar-refractivity contribution in [2.24, 2.45) is 5.14 Å². The van der Waals surface area contributed by atoms with Gasteiger partial charge in [0.05, 0.1) is 10.2 Å². The number of nitrogens with zero attached hydrogens (tertiary/aromatic N) is 1. The average molecular weight is 216 g/mol. The topological polar surface area (TPSA) is 38.9 Å². The summed E-state index contributed by atoms with van der Waals surface area (Å²) in [5, 5.41) is 5.38. The fourth-order valence-corrected chi connectivity index (χ4v) is 2.21. The van der Waals surface area contributed by atoms with Gasteiger partial charge in [0.1, 0.15) is 0 Å². The Kier molecular flexibility index (Phi) is 3.39. The van der Waals surface area contributed by atoms with E-state index in [1.165, 1.54) is 16.6 Å². The number of rotatable bonds is 1. The Labute approximate surface area is 85.8 Å². The molecule has 0 saturated carbocycles. The highest BCUT2D eigenvalue weighted by Crippen LogP contribution is 2.25. The highest BCUT2D eigenvalue weighted by Gasteiger charge is 1.99. The molecule has 2 rings (SSSR count). The maximum atomic E-state index is 5.38. The predicted molar refractivity (Wildman–Crippen MR) is 60.0 cm³/mol. The number of fused-ring (bicyclic) bond motifs is 1. The van der Waals surface area contributed by atoms with Crippen LogP contribution in [-0.2, 0) is 0 Å². The maximum Gasteiger partial charge on any atom is 0.165 e. The molecule has 5 heteroatoms. The molecule has 0 fully saturated rings. The van der Waals surface area contributed by atoms with Crippen molar-refractivity contribution in [3.63, 3.8) is 0 Å². The molecule has 64 valence electrons. The van der Waals surface area contributed by atoms with Gasteiger partial charge in [-0.15, -0.1) is 11.3 Å². The van der Waals surface area contributed by atoms with Gasteiger partial charge in [0.25, 0.3) is 0 Å². The van der Waals surface area contributed by atoms with Gasteiger partial charge in [-0.1, -0.05) is 12.1 Å². The number of aromatic nitrogens is 1. The van der Waals surface area contributed by atoms with Crippen LogP contribution in [0.5, 0.6) is 0 Å². The monoisotopic (exact) mass is 216 g/mol. The summed E-state index contributed by atoms with van der Waals surface area (Å²) in [6.45, 7) is 0. The van der Waals surface area contributed by atoms with E-state index in [0.29, 0.717) is 0 Å². The Morgan fingerprint density at radius 2 is 2.08 bits per heavy atom. The molecule has 2 aromatic rings. The predicted octanol–water partition coefficient (Wildman–Crippen LogP) is 2.37. The highest BCUT2D eigenvalue weighted by atomic mass is 32.2. The summed E-state index contributed by atoms with van der Waals surface area (Å²) in [5.41, 5.74) is 1.03. The van der Waals surface area contributed by atoms with Crippen molar-refractivity contribution in [1.82, 2.24) is 4.98 Å². The Morgan fingerprint density at radius 1 is 1.33 bits per heavy atom. The second-order valence-electron chi connectivity index (χ2n) is 2.07. The Balaban J connectivity index is 0.000000720. The third-order valence-electron chi connectivity index (χ3n) is 1.38. The smallest absolute Gasteiger partial charge is 0.165 e. The number of hydrogen-bond acceptors (Lipinski definition) is 4. The van der Waals surface area contributed by atoms with E-state index in [1.54, 1.807) is 11.3 Å². The first-order valence-electron chi connectivity index (χ1n) is 3.12. The third-order valence-corrected chi connectivity index (χ3v) is 3.04. The molecule has 0 unspecified atom stereocenters. The molecule has 12 heavy (non-hydrogen) atoms. The van der Waals surface area contributed by atoms with Crippen LogP contribution >= 0.6 is 36.8 Å². The van der Waals surface area contributed by atoms with Crippen LogP contribution < -0.4 is 5.14 Å². The Hall–Kier alpha value is -0.230. The molecule has 0 bridgehead atoms. The fourth-order valence-electron chi connectivity index (χ4n) is 0.901. The lowest BCUT2D eigenvalue weighted by Crippen LogP contribution is -1.75. The van der Waals surface area contributed by atoms with Crippen molar-refractivity contribution in [3.8, 4) is 0 Å². The molecule has 0 amide bonds. The number of para-hydroxylation sites is 1. The van der Waals surface area contributed by atoms with Crippen molar-refractivity contribution >= 4 is 47.0 Å². The second-order valence-corrected chi connectivity index (χ2v) is 3.98. The fraction of sp³-hybridized carbons (Fsp3) is 0. The maximum absolute atomic E-state index is 5.38. The molecular formula is C7H8N2S3. The van der Waals surface area contributed by atoms with Gasteiger partial charge < -0.3 is 0 Å². The minimum atomic E-state index is 0. The summed E-state index contributed by atoms with van der Waals surface area (Å²) in [5.74, 6) is 0. The number of nitrogens with two attached hydrogens (primary N) is 1. The molecule has 1 heterocycles. The van der Waals surface area contributed by atoms with Gasteiger partial charge in [-0.2, -0.15) is 13.5 Å². The zero-order valence-corrected chi connectivity index (χ0v) is 8.78. The van der Waals surface area contributed by atoms with Crippen LogP contribution in [-0.4, -0.2) is 4.98 Å². The van der Waals surface area contributed by atoms with Gasteiger partial charge in [-0.25, -0.2) is 4.98 Å². The summed E-state index contributed by atoms with van der Waals surface area (Å²) in [6, 6.07) is 8.02. The quantitative estimate of drug-likeness (QED) is 0.744. The molecule has 2 N–H and O–H groups in total. The molecule has 0 aliphatic heterocycles. The molecule has 0 spiro atoms. The van der Waals surface area contributed by atoms with Gasteiger partial charge in [-0.3, -0.25) is 5.14 Å². The van der Waals surface area contributed by atoms with Crippen molar-refractivity contribution in [3.05, 3.63) is 24.3 Å². The van der Waals surface area contributed by atoms with Crippen LogP contribution in [0.25, 0.3) is 10.2 Å². The van der Waals surface area contributed by atoms with E-state index in [2.05, 4.69) is 4.98 Å². The van der Waals surface area contributed by atoms with Crippen LogP contribution in [0.3, 0.4) is 0 Å². The SMILES string of the molecule is NSc1nc2ccccc2s1.S. The molecular weight excluding hydrogens is 208 g/mol. The normalized spacial score (nSPS) is 9.75. The lowest BCUT2D eigenvalue weighted by Gasteiger charge is -1.80. The van der Waals surface area contributed by atoms with E-state index in [0.717, 1.165) is 9.86 Å². The molecule has 0 aliphatic carbocycles. The Morgan fingerprint density at radius 3 is 2.75 bits per heavy atom. The third kappa shape index (κ3) is 1.74. The Bertz CT molecular complexity index is 338. The van der Waals surface area contributed by atoms with Crippen molar-refractivity contribution in [1.29, 1.82) is 0 Å². The standard InChI is InChI=1S/C7H6N2S2.H2S/c8-11-7-9-5-3-1-2-4-6(5)10-7;/h1-4H,8H2;1H2. The van der Waals surface area contributed by atoms with Gasteiger partial charge in [0.2, 0.25) is 0 Å². The number of benzene rings is 1. The molecule has 0 atom stereocenters. The molecule has 2 nitrogen and oxygen atoms in total. The van der Waals surface area contributed by atoms with Gasteiger partial charge >= 0.3 is 0 Å². The highest BCUT2D eigenvalue weighted by molar-refractivity contribution is 7.99. The van der Waals surface area contributed by atoms with Crippen LogP contribution in [0.1, 0.15) is 0 Å². The summed E-state index contributed by atoms with van der Waals surface area (Å²) in [4.78, 5) is 4.29. The van der Waals surface area contributed by atoms with Gasteiger partial charge in [0.15, 0.2) is 4.34 Å². The van der Waals surface area contributed by atoms with Crippen LogP contribution in [0.15, 0.2) is 28.6 Å². The summed E-state index contributed by atoms with van der Waals surface area (Å²) in [6.07, 6.45) is 0. The van der Waals surface area contributed by atoms with Crippen molar-refractivity contribution in [2.45, 2.75) is 4.34 Å². The largest absolute Gasteiger partial charge is 0.272 e. The van der Waals surface area contributed by atoms with E-state index in [9.17, 15) is 0 Å². The van der Waals surface area contributed by atoms with Crippen molar-refractivity contribution < 1.29 is 0 Å². The zero-order chi connectivity index (χ0) is 7.68. The summed E-state index contributed by atoms with van der Waals surface area (Å²) < 4.78 is 2.12. The molecule has 0 saturated heterocycles. The number of hydrogen-bond donors (Lipinski definition) is 1. The minimum Gasteiger partial charge on any atom is -0.272 e. The van der Waals surface area contributed by atoms with E-state index in [-0.39, 0.29) is 13.5 Å². The molecule has 0 aliphatic rings. The first-order valence-corrected chi connectivity index (χ1v) is 4.82. The van der Waals surface area contributed by atoms with Crippen LogP contribution in [0.2, 0.25) is 0 Å². The molecule has 0 radical (unpaired) electrons. The minimum absolute atomic E-state index is 0. The zero-order valence-electron chi connectivity index (χ0n) is 6.15. The summed E-state index contributed by atoms with van der Waals surface area (Å²) in [7, 11) is 0. The first kappa shape index (κ1) is 9.85. The molecule has 1 aromatic carbocycles. The van der Waals surface area contributed by atoms with Crippen LogP contribution in [0.4, 0.5) is 0 Å². The summed E-state index contributed by atoms with van der Waals surface area (Å²) >= 11 is 2.83. The van der Waals surface area contributed by atoms with E-state index < -0.39 is 0 Å². The van der Waals surface area contributed by atoms with Crippen LogP contribution in [0, 0.1) is 0 Å². The first-order chi connectivity index (χ1) is 5.40. The lowest BCUT2D eigenvalue weighted by atomic mass is 10.3. The lowest BCUT2D eigenvalue weighted by molar-refractivity contribution is 1.30. The van der Waals surface area contributed by atoms with E-state index in [4.69, 9.17) is 5.14 Å². The van der Waals surface area contributed by atoms with Gasteiger partial charge in [-0.05, 0) is 24.1 Å². The van der Waals surface area contributed by atoms with E-state index in [1.807, 2.05) is 24.3 Å². The average Bonchev–Trinajstić information content (AvgIpc) is 2.46. The number of thiazole rings is 1. The van der Waals surface area contributed by atoms with Gasteiger partial charge in [0, 0.05) is 0 Å².